The summed E-state index contributed by atoms with van der Waals surface area (Å²) in [6.45, 7) is 8.86. The van der Waals surface area contributed by atoms with Gasteiger partial charge in [-0.3, -0.25) is 4.99 Å². The van der Waals surface area contributed by atoms with Gasteiger partial charge in [-0.05, 0) is 31.4 Å². The fraction of sp³-hybridized carbons (Fsp3) is 0.550. The van der Waals surface area contributed by atoms with Crippen LogP contribution in [0, 0.1) is 5.92 Å². The number of hydrogen-bond donors (Lipinski definition) is 1. The van der Waals surface area contributed by atoms with Crippen molar-refractivity contribution in [2.24, 2.45) is 10.9 Å². The van der Waals surface area contributed by atoms with Gasteiger partial charge in [0.15, 0.2) is 5.96 Å². The number of rotatable bonds is 8. The maximum absolute atomic E-state index is 4.85. The van der Waals surface area contributed by atoms with E-state index in [1.807, 2.05) is 11.8 Å². The highest BCUT2D eigenvalue weighted by molar-refractivity contribution is 14.0. The van der Waals surface area contributed by atoms with Crippen LogP contribution in [0.1, 0.15) is 26.1 Å². The standard InChI is InChI=1S/C20H30N6S.HI/c1-3-19-24-23-16-26(19)13-11-22-20(21-4-2)25-12-10-17(14-25)15-27-18-8-6-5-7-9-18;/h5-9,16-17H,3-4,10-15H2,1-2H3,(H,21,22);1H. The molecule has 2 aromatic rings. The molecule has 0 radical (unpaired) electrons. The minimum absolute atomic E-state index is 0. The molecule has 28 heavy (non-hydrogen) atoms. The Bertz CT molecular complexity index is 720. The lowest BCUT2D eigenvalue weighted by atomic mass is 10.2. The number of guanidine groups is 1. The van der Waals surface area contributed by atoms with Crippen LogP contribution in [0.5, 0.6) is 0 Å². The highest BCUT2D eigenvalue weighted by Crippen LogP contribution is 2.25. The largest absolute Gasteiger partial charge is 0.357 e. The van der Waals surface area contributed by atoms with Crippen molar-refractivity contribution in [3.63, 3.8) is 0 Å². The summed E-state index contributed by atoms with van der Waals surface area (Å²) in [6.07, 6.45) is 3.93. The van der Waals surface area contributed by atoms with Crippen molar-refractivity contribution in [2.75, 3.05) is 31.9 Å². The zero-order valence-corrected chi connectivity index (χ0v) is 19.9. The van der Waals surface area contributed by atoms with Crippen LogP contribution in [0.2, 0.25) is 0 Å². The lowest BCUT2D eigenvalue weighted by Gasteiger charge is -2.21. The molecule has 0 saturated carbocycles. The first kappa shape index (κ1) is 23.0. The van der Waals surface area contributed by atoms with E-state index in [9.17, 15) is 0 Å². The predicted octanol–water partition coefficient (Wildman–Crippen LogP) is 3.54. The number of hydrogen-bond acceptors (Lipinski definition) is 4. The maximum Gasteiger partial charge on any atom is 0.193 e. The summed E-state index contributed by atoms with van der Waals surface area (Å²) in [6, 6.07) is 10.7. The Morgan fingerprint density at radius 1 is 1.29 bits per heavy atom. The number of likely N-dealkylation sites (tertiary alicyclic amines) is 1. The fourth-order valence-corrected chi connectivity index (χ4v) is 4.37. The average molecular weight is 514 g/mol. The minimum Gasteiger partial charge on any atom is -0.357 e. The molecule has 8 heteroatoms. The highest BCUT2D eigenvalue weighted by Gasteiger charge is 2.24. The van der Waals surface area contributed by atoms with Crippen LogP contribution < -0.4 is 5.32 Å². The van der Waals surface area contributed by atoms with Crippen LogP contribution in [-0.4, -0.2) is 57.6 Å². The Morgan fingerprint density at radius 2 is 2.11 bits per heavy atom. The number of nitrogens with one attached hydrogen (secondary N) is 1. The molecular weight excluding hydrogens is 483 g/mol. The molecular formula is C20H31IN6S. The molecule has 2 heterocycles. The Labute approximate surface area is 189 Å². The first-order valence-electron chi connectivity index (χ1n) is 9.88. The number of aryl methyl sites for hydroxylation is 1. The zero-order valence-electron chi connectivity index (χ0n) is 16.8. The third-order valence-electron chi connectivity index (χ3n) is 4.76. The van der Waals surface area contributed by atoms with E-state index in [0.717, 1.165) is 50.9 Å². The molecule has 0 spiro atoms. The smallest absolute Gasteiger partial charge is 0.193 e. The van der Waals surface area contributed by atoms with Crippen molar-refractivity contribution in [3.8, 4) is 0 Å². The van der Waals surface area contributed by atoms with E-state index in [-0.39, 0.29) is 24.0 Å². The van der Waals surface area contributed by atoms with E-state index in [1.165, 1.54) is 17.1 Å². The molecule has 1 N–H and O–H groups in total. The number of nitrogens with zero attached hydrogens (tertiary/aromatic N) is 5. The van der Waals surface area contributed by atoms with E-state index < -0.39 is 0 Å². The molecule has 1 aliphatic heterocycles. The molecule has 1 aliphatic rings. The topological polar surface area (TPSA) is 58.3 Å². The van der Waals surface area contributed by atoms with Gasteiger partial charge >= 0.3 is 0 Å². The minimum atomic E-state index is 0. The first-order chi connectivity index (χ1) is 13.3. The van der Waals surface area contributed by atoms with Crippen LogP contribution >= 0.6 is 35.7 Å². The van der Waals surface area contributed by atoms with Crippen LogP contribution in [0.3, 0.4) is 0 Å². The Balaban J connectivity index is 0.00000280. The molecule has 1 saturated heterocycles. The first-order valence-corrected chi connectivity index (χ1v) is 10.9. The summed E-state index contributed by atoms with van der Waals surface area (Å²) in [4.78, 5) is 8.61. The predicted molar refractivity (Wildman–Crippen MR) is 128 cm³/mol. The van der Waals surface area contributed by atoms with Crippen LogP contribution in [0.15, 0.2) is 46.5 Å². The molecule has 1 fully saturated rings. The molecule has 3 rings (SSSR count). The summed E-state index contributed by atoms with van der Waals surface area (Å²) in [5, 5.41) is 11.6. The maximum atomic E-state index is 4.85. The number of thioether (sulfide) groups is 1. The summed E-state index contributed by atoms with van der Waals surface area (Å²) >= 11 is 1.96. The highest BCUT2D eigenvalue weighted by atomic mass is 127. The second-order valence-corrected chi connectivity index (χ2v) is 7.85. The molecule has 1 atom stereocenters. The van der Waals surface area contributed by atoms with Crippen molar-refractivity contribution in [1.29, 1.82) is 0 Å². The van der Waals surface area contributed by atoms with Gasteiger partial charge in [0, 0.05) is 43.2 Å². The second-order valence-electron chi connectivity index (χ2n) is 6.75. The van der Waals surface area contributed by atoms with Gasteiger partial charge in [0.05, 0.1) is 6.54 Å². The fourth-order valence-electron chi connectivity index (χ4n) is 3.32. The van der Waals surface area contributed by atoms with Gasteiger partial charge < -0.3 is 14.8 Å². The number of aliphatic imine (C=N–C) groups is 1. The second kappa shape index (κ2) is 12.3. The normalized spacial score (nSPS) is 16.9. The Kier molecular flexibility index (Phi) is 10.1. The van der Waals surface area contributed by atoms with Crippen LogP contribution in [0.4, 0.5) is 0 Å². The zero-order chi connectivity index (χ0) is 18.9. The Hall–Kier alpha value is -1.29. The van der Waals surface area contributed by atoms with Gasteiger partial charge in [0.1, 0.15) is 12.2 Å². The summed E-state index contributed by atoms with van der Waals surface area (Å²) in [5.41, 5.74) is 0. The van der Waals surface area contributed by atoms with Gasteiger partial charge in [0.2, 0.25) is 0 Å². The van der Waals surface area contributed by atoms with Crippen molar-refractivity contribution in [3.05, 3.63) is 42.5 Å². The summed E-state index contributed by atoms with van der Waals surface area (Å²) in [5.74, 6) is 3.94. The van der Waals surface area contributed by atoms with Gasteiger partial charge in [-0.1, -0.05) is 25.1 Å². The van der Waals surface area contributed by atoms with Gasteiger partial charge in [-0.15, -0.1) is 45.9 Å². The van der Waals surface area contributed by atoms with Gasteiger partial charge in [-0.25, -0.2) is 0 Å². The number of aromatic nitrogens is 3. The SMILES string of the molecule is CCNC(=NCCn1cnnc1CC)N1CCC(CSc2ccccc2)C1.I. The van der Waals surface area contributed by atoms with Gasteiger partial charge in [0.25, 0.3) is 0 Å². The van der Waals surface area contributed by atoms with Crippen molar-refractivity contribution in [2.45, 2.75) is 38.1 Å². The van der Waals surface area contributed by atoms with E-state index in [2.05, 4.69) is 69.2 Å². The quantitative estimate of drug-likeness (QED) is 0.253. The third-order valence-corrected chi connectivity index (χ3v) is 6.01. The van der Waals surface area contributed by atoms with Crippen molar-refractivity contribution in [1.82, 2.24) is 25.0 Å². The van der Waals surface area contributed by atoms with E-state index in [0.29, 0.717) is 5.92 Å². The van der Waals surface area contributed by atoms with Crippen molar-refractivity contribution >= 4 is 41.7 Å². The number of benzene rings is 1. The van der Waals surface area contributed by atoms with E-state index in [4.69, 9.17) is 4.99 Å². The molecule has 0 bridgehead atoms. The van der Waals surface area contributed by atoms with E-state index in [1.54, 1.807) is 6.33 Å². The molecule has 1 aromatic heterocycles. The monoisotopic (exact) mass is 514 g/mol. The molecule has 154 valence electrons. The lowest BCUT2D eigenvalue weighted by Crippen LogP contribution is -2.40. The average Bonchev–Trinajstić information content (AvgIpc) is 3.36. The molecule has 6 nitrogen and oxygen atoms in total. The summed E-state index contributed by atoms with van der Waals surface area (Å²) in [7, 11) is 0. The van der Waals surface area contributed by atoms with Crippen LogP contribution in [0.25, 0.3) is 0 Å². The van der Waals surface area contributed by atoms with E-state index >= 15 is 0 Å². The molecule has 1 aromatic carbocycles. The third kappa shape index (κ3) is 6.65. The summed E-state index contributed by atoms with van der Waals surface area (Å²) < 4.78 is 2.09. The molecule has 0 aliphatic carbocycles. The van der Waals surface area contributed by atoms with Crippen LogP contribution in [-0.2, 0) is 13.0 Å². The molecule has 1 unspecified atom stereocenters. The Morgan fingerprint density at radius 3 is 2.86 bits per heavy atom. The lowest BCUT2D eigenvalue weighted by molar-refractivity contribution is 0.473. The van der Waals surface area contributed by atoms with Gasteiger partial charge in [-0.2, -0.15) is 0 Å². The molecule has 0 amide bonds. The number of halogens is 1. The van der Waals surface area contributed by atoms with Crippen molar-refractivity contribution < 1.29 is 0 Å².